The van der Waals surface area contributed by atoms with E-state index in [-0.39, 0.29) is 17.9 Å². The molecule has 28 heavy (non-hydrogen) atoms. The number of amides is 1. The Bertz CT molecular complexity index is 1240. The summed E-state index contributed by atoms with van der Waals surface area (Å²) in [5, 5.41) is 4.38. The van der Waals surface area contributed by atoms with Crippen LogP contribution in [0.2, 0.25) is 0 Å². The van der Waals surface area contributed by atoms with Crippen LogP contribution in [0.4, 0.5) is 5.13 Å². The van der Waals surface area contributed by atoms with Crippen LogP contribution in [0.15, 0.2) is 53.3 Å². The highest BCUT2D eigenvalue weighted by atomic mass is 32.1. The fraction of sp³-hybridized carbons (Fsp3) is 0.190. The monoisotopic (exact) mass is 393 g/mol. The SMILES string of the molecule is COc1ccc2nc(NC(=O)CCn3c(=O)cc(C)c4ccccc43)sc2c1. The number of pyridine rings is 1. The van der Waals surface area contributed by atoms with Gasteiger partial charge in [0.15, 0.2) is 5.13 Å². The summed E-state index contributed by atoms with van der Waals surface area (Å²) in [6, 6.07) is 14.9. The van der Waals surface area contributed by atoms with Crippen molar-refractivity contribution in [2.45, 2.75) is 19.9 Å². The van der Waals surface area contributed by atoms with Crippen molar-refractivity contribution in [3.63, 3.8) is 0 Å². The van der Waals surface area contributed by atoms with Gasteiger partial charge in [0.25, 0.3) is 5.56 Å². The van der Waals surface area contributed by atoms with Crippen LogP contribution in [-0.4, -0.2) is 22.6 Å². The Labute approximate surface area is 165 Å². The van der Waals surface area contributed by atoms with E-state index in [1.807, 2.05) is 49.4 Å². The van der Waals surface area contributed by atoms with E-state index in [0.29, 0.717) is 11.7 Å². The number of nitrogens with one attached hydrogen (secondary N) is 1. The predicted octanol–water partition coefficient (Wildman–Crippen LogP) is 3.96. The van der Waals surface area contributed by atoms with Gasteiger partial charge in [0.05, 0.1) is 22.8 Å². The van der Waals surface area contributed by atoms with Crippen molar-refractivity contribution < 1.29 is 9.53 Å². The van der Waals surface area contributed by atoms with Gasteiger partial charge >= 0.3 is 0 Å². The number of hydrogen-bond donors (Lipinski definition) is 1. The quantitative estimate of drug-likeness (QED) is 0.557. The molecule has 142 valence electrons. The van der Waals surface area contributed by atoms with E-state index < -0.39 is 0 Å². The minimum Gasteiger partial charge on any atom is -0.497 e. The van der Waals surface area contributed by atoms with Crippen molar-refractivity contribution >= 4 is 43.5 Å². The van der Waals surface area contributed by atoms with Crippen molar-refractivity contribution in [1.29, 1.82) is 0 Å². The van der Waals surface area contributed by atoms with Gasteiger partial charge in [-0.2, -0.15) is 0 Å². The van der Waals surface area contributed by atoms with Gasteiger partial charge in [0.2, 0.25) is 5.91 Å². The van der Waals surface area contributed by atoms with Crippen molar-refractivity contribution in [3.8, 4) is 5.75 Å². The molecule has 4 rings (SSSR count). The molecule has 0 bridgehead atoms. The number of thiazole rings is 1. The van der Waals surface area contributed by atoms with Gasteiger partial charge in [-0.15, -0.1) is 0 Å². The maximum absolute atomic E-state index is 12.4. The highest BCUT2D eigenvalue weighted by molar-refractivity contribution is 7.22. The zero-order chi connectivity index (χ0) is 19.7. The molecule has 1 N–H and O–H groups in total. The van der Waals surface area contributed by atoms with Crippen LogP contribution in [0.3, 0.4) is 0 Å². The molecule has 0 radical (unpaired) electrons. The van der Waals surface area contributed by atoms with E-state index in [0.717, 1.165) is 32.4 Å². The normalized spacial score (nSPS) is 11.1. The Kier molecular flexibility index (Phi) is 4.83. The Balaban J connectivity index is 1.51. The summed E-state index contributed by atoms with van der Waals surface area (Å²) >= 11 is 1.39. The first-order valence-electron chi connectivity index (χ1n) is 8.89. The number of anilines is 1. The average Bonchev–Trinajstić information content (AvgIpc) is 3.08. The summed E-state index contributed by atoms with van der Waals surface area (Å²) in [6.45, 7) is 2.23. The standard InChI is InChI=1S/C21H19N3O3S/c1-13-11-20(26)24(17-6-4-3-5-15(13)17)10-9-19(25)23-21-22-16-8-7-14(27-2)12-18(16)28-21/h3-8,11-12H,9-10H2,1-2H3,(H,22,23,25). The summed E-state index contributed by atoms with van der Waals surface area (Å²) in [7, 11) is 1.61. The second-order valence-corrected chi connectivity index (χ2v) is 7.52. The molecule has 7 heteroatoms. The van der Waals surface area contributed by atoms with Crippen LogP contribution < -0.4 is 15.6 Å². The molecule has 0 saturated heterocycles. The Morgan fingerprint density at radius 2 is 2.04 bits per heavy atom. The van der Waals surface area contributed by atoms with E-state index in [9.17, 15) is 9.59 Å². The van der Waals surface area contributed by atoms with E-state index >= 15 is 0 Å². The van der Waals surface area contributed by atoms with Crippen LogP contribution in [0.5, 0.6) is 5.75 Å². The highest BCUT2D eigenvalue weighted by Gasteiger charge is 2.11. The molecule has 1 amide bonds. The number of fused-ring (bicyclic) bond motifs is 2. The molecular formula is C21H19N3O3S. The molecule has 0 spiro atoms. The molecule has 0 aliphatic carbocycles. The first-order valence-corrected chi connectivity index (χ1v) is 9.70. The number of hydrogen-bond acceptors (Lipinski definition) is 5. The molecule has 2 aromatic carbocycles. The number of nitrogens with zero attached hydrogens (tertiary/aromatic N) is 2. The minimum absolute atomic E-state index is 0.101. The van der Waals surface area contributed by atoms with Crippen molar-refractivity contribution in [2.75, 3.05) is 12.4 Å². The second-order valence-electron chi connectivity index (χ2n) is 6.49. The van der Waals surface area contributed by atoms with Gasteiger partial charge in [0.1, 0.15) is 5.75 Å². The Morgan fingerprint density at radius 3 is 2.86 bits per heavy atom. The summed E-state index contributed by atoms with van der Waals surface area (Å²) in [5.74, 6) is 0.572. The lowest BCUT2D eigenvalue weighted by Crippen LogP contribution is -2.23. The maximum atomic E-state index is 12.4. The molecule has 2 heterocycles. The van der Waals surface area contributed by atoms with Gasteiger partial charge in [-0.1, -0.05) is 29.5 Å². The lowest BCUT2D eigenvalue weighted by molar-refractivity contribution is -0.116. The summed E-state index contributed by atoms with van der Waals surface area (Å²) in [5.41, 5.74) is 2.48. The van der Waals surface area contributed by atoms with Crippen LogP contribution in [-0.2, 0) is 11.3 Å². The second kappa shape index (κ2) is 7.44. The molecule has 4 aromatic rings. The van der Waals surface area contributed by atoms with Gasteiger partial charge in [0, 0.05) is 24.4 Å². The van der Waals surface area contributed by atoms with E-state index in [1.165, 1.54) is 11.3 Å². The molecule has 0 atom stereocenters. The fourth-order valence-corrected chi connectivity index (χ4v) is 4.12. The van der Waals surface area contributed by atoms with Crippen LogP contribution in [0.25, 0.3) is 21.1 Å². The van der Waals surface area contributed by atoms with Gasteiger partial charge in [-0.25, -0.2) is 4.98 Å². The highest BCUT2D eigenvalue weighted by Crippen LogP contribution is 2.29. The Hall–Kier alpha value is -3.19. The first kappa shape index (κ1) is 18.2. The maximum Gasteiger partial charge on any atom is 0.251 e. The number of ether oxygens (including phenoxy) is 1. The molecule has 0 unspecified atom stereocenters. The fourth-order valence-electron chi connectivity index (χ4n) is 3.21. The molecular weight excluding hydrogens is 374 g/mol. The van der Waals surface area contributed by atoms with E-state index in [4.69, 9.17) is 4.74 Å². The number of methoxy groups -OCH3 is 1. The zero-order valence-electron chi connectivity index (χ0n) is 15.6. The van der Waals surface area contributed by atoms with Gasteiger partial charge in [-0.3, -0.25) is 9.59 Å². The lowest BCUT2D eigenvalue weighted by atomic mass is 10.1. The molecule has 2 aromatic heterocycles. The summed E-state index contributed by atoms with van der Waals surface area (Å²) < 4.78 is 7.80. The van der Waals surface area contributed by atoms with Crippen LogP contribution in [0.1, 0.15) is 12.0 Å². The smallest absolute Gasteiger partial charge is 0.251 e. The minimum atomic E-state index is -0.178. The topological polar surface area (TPSA) is 73.2 Å². The molecule has 0 aliphatic rings. The number of benzene rings is 2. The third-order valence-electron chi connectivity index (χ3n) is 4.63. The summed E-state index contributed by atoms with van der Waals surface area (Å²) in [4.78, 5) is 29.3. The summed E-state index contributed by atoms with van der Waals surface area (Å²) in [6.07, 6.45) is 0.187. The van der Waals surface area contributed by atoms with E-state index in [1.54, 1.807) is 17.7 Å². The average molecular weight is 393 g/mol. The van der Waals surface area contributed by atoms with E-state index in [2.05, 4.69) is 10.3 Å². The van der Waals surface area contributed by atoms with Crippen molar-refractivity contribution in [1.82, 2.24) is 9.55 Å². The number of para-hydroxylation sites is 1. The molecule has 0 saturated carbocycles. The third kappa shape index (κ3) is 3.48. The Morgan fingerprint density at radius 1 is 1.21 bits per heavy atom. The first-order chi connectivity index (χ1) is 13.5. The van der Waals surface area contributed by atoms with Gasteiger partial charge in [-0.05, 0) is 36.8 Å². The zero-order valence-corrected chi connectivity index (χ0v) is 16.4. The van der Waals surface area contributed by atoms with Gasteiger partial charge < -0.3 is 14.6 Å². The molecule has 6 nitrogen and oxygen atoms in total. The number of aryl methyl sites for hydroxylation is 2. The third-order valence-corrected chi connectivity index (χ3v) is 5.56. The lowest BCUT2D eigenvalue weighted by Gasteiger charge is -2.11. The molecule has 0 aliphatic heterocycles. The number of rotatable bonds is 5. The number of carbonyl (C=O) groups excluding carboxylic acids is 1. The predicted molar refractivity (Wildman–Crippen MR) is 112 cm³/mol. The largest absolute Gasteiger partial charge is 0.497 e. The number of carbonyl (C=O) groups is 1. The van der Waals surface area contributed by atoms with Crippen LogP contribution in [0, 0.1) is 6.92 Å². The van der Waals surface area contributed by atoms with Crippen LogP contribution >= 0.6 is 11.3 Å². The van der Waals surface area contributed by atoms with Crippen molar-refractivity contribution in [2.24, 2.45) is 0 Å². The molecule has 0 fully saturated rings. The van der Waals surface area contributed by atoms with Crippen molar-refractivity contribution in [3.05, 3.63) is 64.4 Å². The number of aromatic nitrogens is 2.